The predicted octanol–water partition coefficient (Wildman–Crippen LogP) is 3.83. The Morgan fingerprint density at radius 1 is 1.21 bits per heavy atom. The molecule has 0 aliphatic rings. The van der Waals surface area contributed by atoms with Crippen LogP contribution in [0, 0.1) is 11.3 Å². The molecule has 0 bridgehead atoms. The summed E-state index contributed by atoms with van der Waals surface area (Å²) in [5.41, 5.74) is 3.27. The number of nitriles is 1. The number of allylic oxidation sites excluding steroid dienone is 1. The Bertz CT molecular complexity index is 925. The molecule has 1 amide bonds. The minimum Gasteiger partial charge on any atom is -0.478 e. The van der Waals surface area contributed by atoms with Gasteiger partial charge in [-0.3, -0.25) is 9.78 Å². The molecule has 0 unspecified atom stereocenters. The van der Waals surface area contributed by atoms with E-state index in [1.807, 2.05) is 25.1 Å². The normalized spacial score (nSPS) is 11.3. The van der Waals surface area contributed by atoms with Crippen molar-refractivity contribution in [3.8, 4) is 17.2 Å². The minimum absolute atomic E-state index is 0.106. The van der Waals surface area contributed by atoms with Gasteiger partial charge in [0.25, 0.3) is 0 Å². The van der Waals surface area contributed by atoms with E-state index >= 15 is 0 Å². The summed E-state index contributed by atoms with van der Waals surface area (Å²) in [6, 6.07) is 13.0. The van der Waals surface area contributed by atoms with E-state index in [1.54, 1.807) is 24.4 Å². The lowest BCUT2D eigenvalue weighted by Crippen LogP contribution is -2.24. The number of amides is 1. The highest BCUT2D eigenvalue weighted by Gasteiger charge is 2.17. The van der Waals surface area contributed by atoms with Gasteiger partial charge in [0.05, 0.1) is 17.2 Å². The van der Waals surface area contributed by atoms with Gasteiger partial charge in [-0.2, -0.15) is 5.26 Å². The number of hydrogen-bond acceptors (Lipinski definition) is 4. The average molecular weight is 377 g/mol. The molecule has 1 aromatic carbocycles. The zero-order valence-electron chi connectivity index (χ0n) is 16.0. The van der Waals surface area contributed by atoms with E-state index in [9.17, 15) is 20.0 Å². The summed E-state index contributed by atoms with van der Waals surface area (Å²) in [6.07, 6.45) is 3.90. The first kappa shape index (κ1) is 20.8. The molecule has 0 saturated carbocycles. The van der Waals surface area contributed by atoms with Crippen LogP contribution in [0.25, 0.3) is 11.1 Å². The number of rotatable bonds is 8. The van der Waals surface area contributed by atoms with Crippen LogP contribution in [-0.2, 0) is 16.0 Å². The van der Waals surface area contributed by atoms with Crippen molar-refractivity contribution in [2.24, 2.45) is 0 Å². The van der Waals surface area contributed by atoms with Gasteiger partial charge in [0.2, 0.25) is 5.91 Å². The lowest BCUT2D eigenvalue weighted by molar-refractivity contribution is -0.132. The quantitative estimate of drug-likeness (QED) is 0.681. The van der Waals surface area contributed by atoms with Gasteiger partial charge in [-0.15, -0.1) is 0 Å². The molecule has 6 heteroatoms. The lowest BCUT2D eigenvalue weighted by Gasteiger charge is -2.13. The molecule has 144 valence electrons. The van der Waals surface area contributed by atoms with E-state index in [2.05, 4.69) is 16.4 Å². The summed E-state index contributed by atoms with van der Waals surface area (Å²) >= 11 is 0. The third kappa shape index (κ3) is 5.52. The van der Waals surface area contributed by atoms with Gasteiger partial charge < -0.3 is 10.4 Å². The summed E-state index contributed by atoms with van der Waals surface area (Å²) in [5.74, 6) is -1.36. The number of aromatic nitrogens is 1. The van der Waals surface area contributed by atoms with E-state index in [0.29, 0.717) is 23.4 Å². The zero-order chi connectivity index (χ0) is 20.5. The van der Waals surface area contributed by atoms with Gasteiger partial charge in [0, 0.05) is 42.1 Å². The van der Waals surface area contributed by atoms with Crippen molar-refractivity contribution in [1.29, 1.82) is 5.26 Å². The number of carbonyl (C=O) groups is 2. The van der Waals surface area contributed by atoms with Crippen molar-refractivity contribution >= 4 is 11.9 Å². The molecule has 2 N–H and O–H groups in total. The topological polar surface area (TPSA) is 103 Å². The van der Waals surface area contributed by atoms with Crippen molar-refractivity contribution < 1.29 is 14.7 Å². The van der Waals surface area contributed by atoms with E-state index in [4.69, 9.17) is 0 Å². The molecule has 0 aliphatic heterocycles. The second-order valence-electron chi connectivity index (χ2n) is 6.42. The van der Waals surface area contributed by atoms with Crippen molar-refractivity contribution in [2.45, 2.75) is 39.5 Å². The maximum Gasteiger partial charge on any atom is 0.333 e. The first-order chi connectivity index (χ1) is 13.5. The molecule has 1 aromatic heterocycles. The van der Waals surface area contributed by atoms with Gasteiger partial charge in [-0.1, -0.05) is 37.6 Å². The van der Waals surface area contributed by atoms with E-state index in [1.165, 1.54) is 6.92 Å². The first-order valence-electron chi connectivity index (χ1n) is 9.13. The van der Waals surface area contributed by atoms with Crippen LogP contribution in [0.5, 0.6) is 0 Å². The Morgan fingerprint density at radius 3 is 2.54 bits per heavy atom. The van der Waals surface area contributed by atoms with Crippen LogP contribution in [0.4, 0.5) is 0 Å². The van der Waals surface area contributed by atoms with Crippen LogP contribution >= 0.6 is 0 Å². The molecule has 0 spiro atoms. The standard InChI is InChI=1S/C22H23N3O3/c1-3-4-9-21(25-15(2)26)20(22(27)28)12-18-11-10-17(14-24-18)19-8-6-5-7-16(19)13-23/h5-8,10-11,14H,3-4,9,12H2,1-2H3,(H,25,26)(H,27,28)/b21-20-. The largest absolute Gasteiger partial charge is 0.478 e. The Morgan fingerprint density at radius 2 is 1.96 bits per heavy atom. The van der Waals surface area contributed by atoms with E-state index < -0.39 is 5.97 Å². The number of carbonyl (C=O) groups excluding carboxylic acids is 1. The van der Waals surface area contributed by atoms with Crippen LogP contribution in [-0.4, -0.2) is 22.0 Å². The minimum atomic E-state index is -1.07. The summed E-state index contributed by atoms with van der Waals surface area (Å²) < 4.78 is 0. The number of unbranched alkanes of at least 4 members (excludes halogenated alkanes) is 1. The Balaban J connectivity index is 2.33. The van der Waals surface area contributed by atoms with Gasteiger partial charge in [0.15, 0.2) is 0 Å². The Labute approximate surface area is 164 Å². The average Bonchev–Trinajstić information content (AvgIpc) is 2.69. The van der Waals surface area contributed by atoms with Gasteiger partial charge in [-0.25, -0.2) is 4.79 Å². The fourth-order valence-corrected chi connectivity index (χ4v) is 2.87. The summed E-state index contributed by atoms with van der Waals surface area (Å²) in [7, 11) is 0. The molecular formula is C22H23N3O3. The van der Waals surface area contributed by atoms with Crippen LogP contribution < -0.4 is 5.32 Å². The second-order valence-corrected chi connectivity index (χ2v) is 6.42. The van der Waals surface area contributed by atoms with Crippen molar-refractivity contribution in [3.05, 3.63) is 65.1 Å². The number of nitrogens with zero attached hydrogens (tertiary/aromatic N) is 2. The number of carboxylic acid groups (broad SMARTS) is 1. The molecular weight excluding hydrogens is 354 g/mol. The molecule has 28 heavy (non-hydrogen) atoms. The fourth-order valence-electron chi connectivity index (χ4n) is 2.87. The molecule has 2 rings (SSSR count). The first-order valence-corrected chi connectivity index (χ1v) is 9.13. The Hall–Kier alpha value is -3.46. The molecule has 1 heterocycles. The number of hydrogen-bond donors (Lipinski definition) is 2. The predicted molar refractivity (Wildman–Crippen MR) is 106 cm³/mol. The summed E-state index contributed by atoms with van der Waals surface area (Å²) in [6.45, 7) is 3.37. The Kier molecular flexibility index (Phi) is 7.46. The van der Waals surface area contributed by atoms with Gasteiger partial charge in [0.1, 0.15) is 0 Å². The summed E-state index contributed by atoms with van der Waals surface area (Å²) in [4.78, 5) is 27.6. The molecule has 2 aromatic rings. The highest BCUT2D eigenvalue weighted by Crippen LogP contribution is 2.23. The third-order valence-corrected chi connectivity index (χ3v) is 4.27. The highest BCUT2D eigenvalue weighted by molar-refractivity contribution is 5.89. The van der Waals surface area contributed by atoms with Crippen molar-refractivity contribution in [2.75, 3.05) is 0 Å². The summed E-state index contributed by atoms with van der Waals surface area (Å²) in [5, 5.41) is 21.6. The van der Waals surface area contributed by atoms with Crippen LogP contribution in [0.3, 0.4) is 0 Å². The van der Waals surface area contributed by atoms with E-state index in [0.717, 1.165) is 24.0 Å². The molecule has 0 atom stereocenters. The molecule has 0 radical (unpaired) electrons. The zero-order valence-corrected chi connectivity index (χ0v) is 16.0. The lowest BCUT2D eigenvalue weighted by atomic mass is 10.00. The number of benzene rings is 1. The molecule has 0 aliphatic carbocycles. The smallest absolute Gasteiger partial charge is 0.333 e. The number of nitrogens with one attached hydrogen (secondary N) is 1. The SMILES string of the molecule is CCCC/C(NC(C)=O)=C(\Cc1ccc(-c2ccccc2C#N)cn1)C(=O)O. The molecule has 0 saturated heterocycles. The number of aliphatic carboxylic acids is 1. The van der Waals surface area contributed by atoms with Crippen molar-refractivity contribution in [3.63, 3.8) is 0 Å². The molecule has 0 fully saturated rings. The van der Waals surface area contributed by atoms with Crippen LogP contribution in [0.15, 0.2) is 53.9 Å². The number of carboxylic acids is 1. The maximum atomic E-state index is 11.8. The highest BCUT2D eigenvalue weighted by atomic mass is 16.4. The second kappa shape index (κ2) is 10.0. The van der Waals surface area contributed by atoms with Crippen LogP contribution in [0.1, 0.15) is 44.4 Å². The fraction of sp³-hybridized carbons (Fsp3) is 0.273. The maximum absolute atomic E-state index is 11.8. The third-order valence-electron chi connectivity index (χ3n) is 4.27. The van der Waals surface area contributed by atoms with Gasteiger partial charge >= 0.3 is 5.97 Å². The monoisotopic (exact) mass is 377 g/mol. The van der Waals surface area contributed by atoms with Gasteiger partial charge in [-0.05, 0) is 25.0 Å². The molecule has 6 nitrogen and oxygen atoms in total. The van der Waals surface area contributed by atoms with Crippen molar-refractivity contribution in [1.82, 2.24) is 10.3 Å². The van der Waals surface area contributed by atoms with E-state index in [-0.39, 0.29) is 17.9 Å². The number of pyridine rings is 1. The van der Waals surface area contributed by atoms with Crippen LogP contribution in [0.2, 0.25) is 0 Å².